The molecule has 43 heavy (non-hydrogen) atoms. The van der Waals surface area contributed by atoms with Crippen LogP contribution in [0.3, 0.4) is 0 Å². The smallest absolute Gasteiger partial charge is 0.225 e. The molecule has 2 rings (SSSR count). The van der Waals surface area contributed by atoms with Crippen LogP contribution in [0.1, 0.15) is 85.3 Å². The van der Waals surface area contributed by atoms with E-state index in [4.69, 9.17) is 9.47 Å². The molecular weight excluding hydrogens is 548 g/mol. The Labute approximate surface area is 258 Å². The summed E-state index contributed by atoms with van der Waals surface area (Å²) in [7, 11) is 4.96. The molecule has 1 heterocycles. The van der Waals surface area contributed by atoms with Crippen molar-refractivity contribution in [1.82, 2.24) is 15.1 Å². The van der Waals surface area contributed by atoms with Gasteiger partial charge < -0.3 is 24.6 Å². The topological polar surface area (TPSA) is 118 Å². The van der Waals surface area contributed by atoms with E-state index in [9.17, 15) is 19.3 Å². The third-order valence-electron chi connectivity index (χ3n) is 8.99. The fourth-order valence-corrected chi connectivity index (χ4v) is 6.34. The van der Waals surface area contributed by atoms with Crippen molar-refractivity contribution in [2.75, 3.05) is 27.8 Å². The number of nitroso groups, excluding NO2 is 1. The number of hydrogen-bond acceptors (Lipinski definition) is 7. The van der Waals surface area contributed by atoms with Crippen molar-refractivity contribution in [1.29, 1.82) is 0 Å². The Kier molecular flexibility index (Phi) is 14.7. The molecule has 242 valence electrons. The second kappa shape index (κ2) is 17.4. The summed E-state index contributed by atoms with van der Waals surface area (Å²) in [5, 5.41) is 6.22. The summed E-state index contributed by atoms with van der Waals surface area (Å²) >= 11 is 0. The van der Waals surface area contributed by atoms with Crippen LogP contribution < -0.4 is 5.32 Å². The van der Waals surface area contributed by atoms with E-state index in [0.717, 1.165) is 18.4 Å². The number of likely N-dealkylation sites (N-methyl/N-ethyl adjacent to an activating group) is 1. The minimum Gasteiger partial charge on any atom is -0.379 e. The Balaban J connectivity index is 2.17. The minimum absolute atomic E-state index is 0.0432. The van der Waals surface area contributed by atoms with Crippen molar-refractivity contribution in [2.45, 2.75) is 110 Å². The van der Waals surface area contributed by atoms with Crippen molar-refractivity contribution < 1.29 is 23.9 Å². The van der Waals surface area contributed by atoms with Gasteiger partial charge in [0.05, 0.1) is 42.7 Å². The zero-order chi connectivity index (χ0) is 32.3. The molecule has 0 spiro atoms. The van der Waals surface area contributed by atoms with Crippen LogP contribution in [-0.4, -0.2) is 85.7 Å². The summed E-state index contributed by atoms with van der Waals surface area (Å²) in [5.41, 5.74) is 0.730. The van der Waals surface area contributed by atoms with E-state index >= 15 is 0 Å². The normalized spacial score (nSPS) is 20.0. The molecule has 0 saturated carbocycles. The lowest BCUT2D eigenvalue weighted by atomic mass is 9.90. The third-order valence-corrected chi connectivity index (χ3v) is 8.99. The zero-order valence-corrected chi connectivity index (χ0v) is 27.6. The van der Waals surface area contributed by atoms with Crippen molar-refractivity contribution in [3.63, 3.8) is 0 Å². The van der Waals surface area contributed by atoms with Gasteiger partial charge in [-0.3, -0.25) is 14.4 Å². The summed E-state index contributed by atoms with van der Waals surface area (Å²) in [6.45, 7) is 12.3. The number of likely N-dealkylation sites (tertiary alicyclic amines) is 1. The number of ether oxygens (including phenoxy) is 2. The highest BCUT2D eigenvalue weighted by Gasteiger charge is 2.42. The summed E-state index contributed by atoms with van der Waals surface area (Å²) in [6, 6.07) is 7.36. The van der Waals surface area contributed by atoms with E-state index in [1.807, 2.05) is 49.1 Å². The maximum atomic E-state index is 13.8. The summed E-state index contributed by atoms with van der Waals surface area (Å²) in [6.07, 6.45) is 1.89. The third kappa shape index (κ3) is 9.57. The van der Waals surface area contributed by atoms with E-state index < -0.39 is 30.2 Å². The molecular formula is C33H54N4O6. The minimum atomic E-state index is -0.724. The Hall–Kier alpha value is -2.85. The number of carbonyl (C=O) groups is 3. The summed E-state index contributed by atoms with van der Waals surface area (Å²) in [4.78, 5) is 55.5. The van der Waals surface area contributed by atoms with Gasteiger partial charge in [-0.2, -0.15) is 4.91 Å². The second-order valence-electron chi connectivity index (χ2n) is 12.5. The van der Waals surface area contributed by atoms with Crippen molar-refractivity contribution >= 4 is 17.7 Å². The van der Waals surface area contributed by atoms with Crippen LogP contribution in [0.5, 0.6) is 0 Å². The molecule has 0 aromatic heterocycles. The largest absolute Gasteiger partial charge is 0.379 e. The maximum absolute atomic E-state index is 13.8. The average Bonchev–Trinajstić information content (AvgIpc) is 3.47. The average molecular weight is 603 g/mol. The van der Waals surface area contributed by atoms with Gasteiger partial charge in [0.1, 0.15) is 6.04 Å². The first-order valence-electron chi connectivity index (χ1n) is 15.7. The first-order chi connectivity index (χ1) is 20.4. The predicted molar refractivity (Wildman–Crippen MR) is 168 cm³/mol. The molecule has 1 fully saturated rings. The Morgan fingerprint density at radius 3 is 2.23 bits per heavy atom. The van der Waals surface area contributed by atoms with Crippen LogP contribution >= 0.6 is 0 Å². The van der Waals surface area contributed by atoms with Crippen LogP contribution in [0, 0.1) is 22.7 Å². The fraction of sp³-hybridized carbons (Fsp3) is 0.727. The molecule has 1 aromatic carbocycles. The highest BCUT2D eigenvalue weighted by Crippen LogP contribution is 2.30. The molecule has 1 aliphatic heterocycles. The zero-order valence-electron chi connectivity index (χ0n) is 27.6. The Bertz CT molecular complexity index is 1040. The Morgan fingerprint density at radius 2 is 1.70 bits per heavy atom. The SMILES string of the molecule is CC[C@H](C)[C@@H]([C@@H](CC(=O)N1CCC[C@H]1[C@H](OC)[C@@H](C)C(=O)N[C@H](C)[C@@H](N=O)c1ccccc1)OC)N(C)C(=O)CC(C)C. The van der Waals surface area contributed by atoms with Crippen molar-refractivity contribution in [2.24, 2.45) is 22.9 Å². The molecule has 10 heteroatoms. The lowest BCUT2D eigenvalue weighted by molar-refractivity contribution is -0.146. The number of amides is 3. The molecule has 3 amide bonds. The van der Waals surface area contributed by atoms with Gasteiger partial charge in [-0.15, -0.1) is 0 Å². The molecule has 1 N–H and O–H groups in total. The van der Waals surface area contributed by atoms with E-state index in [1.54, 1.807) is 40.0 Å². The van der Waals surface area contributed by atoms with Gasteiger partial charge in [-0.1, -0.05) is 76.5 Å². The molecule has 1 saturated heterocycles. The molecule has 0 aliphatic carbocycles. The van der Waals surface area contributed by atoms with Crippen molar-refractivity contribution in [3.8, 4) is 0 Å². The van der Waals surface area contributed by atoms with Gasteiger partial charge in [0.2, 0.25) is 17.7 Å². The van der Waals surface area contributed by atoms with E-state index in [0.29, 0.717) is 19.4 Å². The maximum Gasteiger partial charge on any atom is 0.225 e. The highest BCUT2D eigenvalue weighted by molar-refractivity contribution is 5.81. The van der Waals surface area contributed by atoms with Gasteiger partial charge >= 0.3 is 0 Å². The summed E-state index contributed by atoms with van der Waals surface area (Å²) < 4.78 is 11.8. The molecule has 0 bridgehead atoms. The lowest BCUT2D eigenvalue weighted by Gasteiger charge is -2.39. The van der Waals surface area contributed by atoms with Gasteiger partial charge in [-0.25, -0.2) is 0 Å². The highest BCUT2D eigenvalue weighted by atomic mass is 16.5. The Morgan fingerprint density at radius 1 is 1.05 bits per heavy atom. The number of methoxy groups -OCH3 is 2. The fourth-order valence-electron chi connectivity index (χ4n) is 6.34. The van der Waals surface area contributed by atoms with Crippen molar-refractivity contribution in [3.05, 3.63) is 40.8 Å². The van der Waals surface area contributed by atoms with E-state index in [1.165, 1.54) is 0 Å². The number of hydrogen-bond donors (Lipinski definition) is 1. The van der Waals surface area contributed by atoms with Crippen LogP contribution in [0.25, 0.3) is 0 Å². The first-order valence-corrected chi connectivity index (χ1v) is 15.7. The molecule has 8 atom stereocenters. The standard InChI is InChI=1S/C33H54N4O6/c1-10-22(4)31(36(7)28(38)19-21(2)3)27(42-8)20-29(39)37-18-14-17-26(37)32(43-9)23(5)33(40)34-24(6)30(35-41)25-15-12-11-13-16-25/h11-13,15-16,21-24,26-27,30-32H,10,14,17-20H2,1-9H3,(H,34,40)/t22-,23+,24+,26-,27+,30+,31-,32+/m0/s1. The molecule has 10 nitrogen and oxygen atoms in total. The van der Waals surface area contributed by atoms with E-state index in [-0.39, 0.29) is 48.1 Å². The van der Waals surface area contributed by atoms with Gasteiger partial charge in [0.25, 0.3) is 0 Å². The van der Waals surface area contributed by atoms with Crippen LogP contribution in [0.2, 0.25) is 0 Å². The predicted octanol–water partition coefficient (Wildman–Crippen LogP) is 4.97. The van der Waals surface area contributed by atoms with Gasteiger partial charge in [0.15, 0.2) is 0 Å². The van der Waals surface area contributed by atoms with Gasteiger partial charge in [-0.05, 0) is 37.2 Å². The lowest BCUT2D eigenvalue weighted by Crippen LogP contribution is -2.53. The monoisotopic (exact) mass is 602 g/mol. The van der Waals surface area contributed by atoms with Gasteiger partial charge in [0, 0.05) is 34.2 Å². The number of rotatable bonds is 17. The second-order valence-corrected chi connectivity index (χ2v) is 12.5. The quantitative estimate of drug-likeness (QED) is 0.252. The number of nitrogens with one attached hydrogen (secondary N) is 1. The number of benzene rings is 1. The van der Waals surface area contributed by atoms with E-state index in [2.05, 4.69) is 24.3 Å². The van der Waals surface area contributed by atoms with Crippen LogP contribution in [0.4, 0.5) is 0 Å². The molecule has 0 unspecified atom stereocenters. The molecule has 1 aromatic rings. The van der Waals surface area contributed by atoms with Crippen LogP contribution in [0.15, 0.2) is 35.5 Å². The number of carbonyl (C=O) groups excluding carboxylic acids is 3. The number of nitrogens with zero attached hydrogens (tertiary/aromatic N) is 3. The molecule has 1 aliphatic rings. The van der Waals surface area contributed by atoms with Crippen LogP contribution in [-0.2, 0) is 23.9 Å². The summed E-state index contributed by atoms with van der Waals surface area (Å²) in [5.74, 6) is -0.523. The first kappa shape index (κ1) is 36.3. The molecule has 0 radical (unpaired) electrons.